The van der Waals surface area contributed by atoms with Crippen molar-refractivity contribution in [3.8, 4) is 11.5 Å². The Hall–Kier alpha value is -2.07. The second-order valence-corrected chi connectivity index (χ2v) is 5.22. The maximum Gasteiger partial charge on any atom is 0.137 e. The van der Waals surface area contributed by atoms with E-state index in [1.165, 1.54) is 17.7 Å². The Balaban J connectivity index is 1.67. The Morgan fingerprint density at radius 2 is 2.14 bits per heavy atom. The molecule has 0 aromatic heterocycles. The number of halogens is 1. The molecule has 2 aromatic rings. The number of aliphatic hydroxyl groups is 1. The van der Waals surface area contributed by atoms with Crippen molar-refractivity contribution < 1.29 is 19.0 Å². The van der Waals surface area contributed by atoms with Gasteiger partial charge in [0.15, 0.2) is 0 Å². The summed E-state index contributed by atoms with van der Waals surface area (Å²) >= 11 is 0. The van der Waals surface area contributed by atoms with Crippen LogP contribution < -0.4 is 9.47 Å². The van der Waals surface area contributed by atoms with E-state index in [-0.39, 0.29) is 11.9 Å². The topological polar surface area (TPSA) is 38.7 Å². The zero-order chi connectivity index (χ0) is 14.8. The third kappa shape index (κ3) is 3.00. The number of para-hydroxylation sites is 1. The highest BCUT2D eigenvalue weighted by atomic mass is 19.1. The summed E-state index contributed by atoms with van der Waals surface area (Å²) < 4.78 is 24.7. The van der Waals surface area contributed by atoms with Crippen LogP contribution in [0.3, 0.4) is 0 Å². The second-order valence-electron chi connectivity index (χ2n) is 5.22. The van der Waals surface area contributed by atoms with E-state index in [1.54, 1.807) is 13.0 Å². The predicted molar refractivity (Wildman–Crippen MR) is 77.1 cm³/mol. The Labute approximate surface area is 122 Å². The van der Waals surface area contributed by atoms with Gasteiger partial charge >= 0.3 is 0 Å². The van der Waals surface area contributed by atoms with Crippen LogP contribution >= 0.6 is 0 Å². The van der Waals surface area contributed by atoms with Crippen molar-refractivity contribution >= 4 is 0 Å². The summed E-state index contributed by atoms with van der Waals surface area (Å²) in [6.07, 6.45) is -0.0480. The lowest BCUT2D eigenvalue weighted by molar-refractivity contribution is 0.141. The number of fused-ring (bicyclic) bond motifs is 1. The summed E-state index contributed by atoms with van der Waals surface area (Å²) in [5.74, 6) is 0.995. The standard InChI is InChI=1S/C17H17FO3/c1-11(19)15-9-13(18)6-7-17(15)20-10-14-8-12-4-2-3-5-16(12)21-14/h2-7,9,11,14,19H,8,10H2,1H3/t11-,14?/m0/s1. The maximum atomic E-state index is 13.2. The number of benzene rings is 2. The first kappa shape index (κ1) is 13.9. The third-order valence-electron chi connectivity index (χ3n) is 3.56. The summed E-state index contributed by atoms with van der Waals surface area (Å²) in [7, 11) is 0. The van der Waals surface area contributed by atoms with Crippen LogP contribution in [0.1, 0.15) is 24.2 Å². The fourth-order valence-corrected chi connectivity index (χ4v) is 2.51. The normalized spacial score (nSPS) is 18.0. The summed E-state index contributed by atoms with van der Waals surface area (Å²) in [5.41, 5.74) is 1.62. The van der Waals surface area contributed by atoms with Crippen molar-refractivity contribution in [3.63, 3.8) is 0 Å². The third-order valence-corrected chi connectivity index (χ3v) is 3.56. The van der Waals surface area contributed by atoms with Crippen molar-refractivity contribution in [2.75, 3.05) is 6.61 Å². The van der Waals surface area contributed by atoms with Gasteiger partial charge in [-0.15, -0.1) is 0 Å². The number of hydrogen-bond donors (Lipinski definition) is 1. The van der Waals surface area contributed by atoms with E-state index >= 15 is 0 Å². The Bertz CT molecular complexity index is 615. The van der Waals surface area contributed by atoms with Crippen molar-refractivity contribution in [1.82, 2.24) is 0 Å². The van der Waals surface area contributed by atoms with Crippen LogP contribution in [-0.2, 0) is 6.42 Å². The van der Waals surface area contributed by atoms with Gasteiger partial charge in [0.1, 0.15) is 30.0 Å². The highest BCUT2D eigenvalue weighted by molar-refractivity contribution is 5.38. The molecule has 0 saturated carbocycles. The van der Waals surface area contributed by atoms with Gasteiger partial charge in [-0.2, -0.15) is 0 Å². The predicted octanol–water partition coefficient (Wildman–Crippen LogP) is 3.26. The lowest BCUT2D eigenvalue weighted by atomic mass is 10.1. The van der Waals surface area contributed by atoms with Gasteiger partial charge in [0, 0.05) is 12.0 Å². The minimum absolute atomic E-state index is 0.0608. The molecule has 1 aliphatic rings. The van der Waals surface area contributed by atoms with E-state index in [4.69, 9.17) is 9.47 Å². The molecule has 3 nitrogen and oxygen atoms in total. The van der Waals surface area contributed by atoms with Gasteiger partial charge in [0.05, 0.1) is 6.10 Å². The molecule has 2 atom stereocenters. The molecule has 0 aliphatic carbocycles. The van der Waals surface area contributed by atoms with Gasteiger partial charge in [-0.05, 0) is 36.8 Å². The molecule has 3 rings (SSSR count). The van der Waals surface area contributed by atoms with Gasteiger partial charge in [-0.25, -0.2) is 4.39 Å². The van der Waals surface area contributed by atoms with Crippen LogP contribution in [0.15, 0.2) is 42.5 Å². The van der Waals surface area contributed by atoms with Crippen molar-refractivity contribution in [2.24, 2.45) is 0 Å². The molecule has 1 N–H and O–H groups in total. The molecule has 21 heavy (non-hydrogen) atoms. The maximum absolute atomic E-state index is 13.2. The minimum Gasteiger partial charge on any atom is -0.489 e. The Morgan fingerprint density at radius 1 is 1.33 bits per heavy atom. The van der Waals surface area contributed by atoms with Crippen LogP contribution in [0, 0.1) is 5.82 Å². The average molecular weight is 288 g/mol. The molecule has 0 bridgehead atoms. The molecule has 110 valence electrons. The van der Waals surface area contributed by atoms with Gasteiger partial charge in [0.25, 0.3) is 0 Å². The van der Waals surface area contributed by atoms with E-state index in [2.05, 4.69) is 0 Å². The molecule has 0 amide bonds. The van der Waals surface area contributed by atoms with Crippen molar-refractivity contribution in [2.45, 2.75) is 25.6 Å². The fourth-order valence-electron chi connectivity index (χ4n) is 2.51. The summed E-state index contributed by atoms with van der Waals surface area (Å²) in [5, 5.41) is 9.69. The molecule has 1 unspecified atom stereocenters. The molecule has 1 heterocycles. The first-order valence-electron chi connectivity index (χ1n) is 6.98. The second kappa shape index (κ2) is 5.74. The molecule has 4 heteroatoms. The summed E-state index contributed by atoms with van der Waals surface area (Å²) in [4.78, 5) is 0. The monoisotopic (exact) mass is 288 g/mol. The van der Waals surface area contributed by atoms with Gasteiger partial charge in [-0.1, -0.05) is 18.2 Å². The number of aliphatic hydroxyl groups excluding tert-OH is 1. The zero-order valence-electron chi connectivity index (χ0n) is 11.8. The number of ether oxygens (including phenoxy) is 2. The first-order chi connectivity index (χ1) is 10.1. The van der Waals surface area contributed by atoms with Crippen molar-refractivity contribution in [3.05, 3.63) is 59.4 Å². The number of hydrogen-bond acceptors (Lipinski definition) is 3. The van der Waals surface area contributed by atoms with Gasteiger partial charge in [0.2, 0.25) is 0 Å². The average Bonchev–Trinajstić information content (AvgIpc) is 2.88. The van der Waals surface area contributed by atoms with Crippen LogP contribution in [0.2, 0.25) is 0 Å². The highest BCUT2D eigenvalue weighted by Crippen LogP contribution is 2.30. The van der Waals surface area contributed by atoms with E-state index in [9.17, 15) is 9.50 Å². The van der Waals surface area contributed by atoms with Gasteiger partial charge in [-0.3, -0.25) is 0 Å². The molecule has 0 saturated heterocycles. The van der Waals surface area contributed by atoms with E-state index in [1.807, 2.05) is 24.3 Å². The van der Waals surface area contributed by atoms with Crippen LogP contribution in [-0.4, -0.2) is 17.8 Å². The van der Waals surface area contributed by atoms with Crippen LogP contribution in [0.25, 0.3) is 0 Å². The zero-order valence-corrected chi connectivity index (χ0v) is 11.8. The Morgan fingerprint density at radius 3 is 2.90 bits per heavy atom. The molecule has 0 radical (unpaired) electrons. The summed E-state index contributed by atoms with van der Waals surface area (Å²) in [6.45, 7) is 1.95. The van der Waals surface area contributed by atoms with Crippen LogP contribution in [0.5, 0.6) is 11.5 Å². The molecule has 2 aromatic carbocycles. The van der Waals surface area contributed by atoms with E-state index < -0.39 is 6.10 Å². The Kier molecular flexibility index (Phi) is 3.80. The van der Waals surface area contributed by atoms with E-state index in [0.717, 1.165) is 12.2 Å². The molecule has 0 fully saturated rings. The van der Waals surface area contributed by atoms with Crippen LogP contribution in [0.4, 0.5) is 4.39 Å². The van der Waals surface area contributed by atoms with Gasteiger partial charge < -0.3 is 14.6 Å². The molecular weight excluding hydrogens is 271 g/mol. The lowest BCUT2D eigenvalue weighted by Crippen LogP contribution is -2.22. The minimum atomic E-state index is -0.780. The number of rotatable bonds is 4. The SMILES string of the molecule is C[C@H](O)c1cc(F)ccc1OCC1Cc2ccccc2O1. The highest BCUT2D eigenvalue weighted by Gasteiger charge is 2.23. The quantitative estimate of drug-likeness (QED) is 0.938. The largest absolute Gasteiger partial charge is 0.489 e. The first-order valence-corrected chi connectivity index (χ1v) is 6.98. The molecular formula is C17H17FO3. The molecule has 0 spiro atoms. The smallest absolute Gasteiger partial charge is 0.137 e. The van der Waals surface area contributed by atoms with Crippen molar-refractivity contribution in [1.29, 1.82) is 0 Å². The molecule has 1 aliphatic heterocycles. The summed E-state index contributed by atoms with van der Waals surface area (Å²) in [6, 6.07) is 12.1. The fraction of sp³-hybridized carbons (Fsp3) is 0.294. The van der Waals surface area contributed by atoms with E-state index in [0.29, 0.717) is 17.9 Å². The lowest BCUT2D eigenvalue weighted by Gasteiger charge is -2.16.